The summed E-state index contributed by atoms with van der Waals surface area (Å²) in [7, 11) is 5.63. The van der Waals surface area contributed by atoms with E-state index in [0.29, 0.717) is 55.7 Å². The van der Waals surface area contributed by atoms with Gasteiger partial charge in [0.05, 0.1) is 41.7 Å². The molecule has 56 heavy (non-hydrogen) atoms. The summed E-state index contributed by atoms with van der Waals surface area (Å²) >= 11 is 13.6. The van der Waals surface area contributed by atoms with Gasteiger partial charge in [0.15, 0.2) is 5.82 Å². The lowest BCUT2D eigenvalue weighted by molar-refractivity contribution is 0.0957. The number of halogens is 2. The van der Waals surface area contributed by atoms with Crippen LogP contribution in [-0.4, -0.2) is 66.5 Å². The van der Waals surface area contributed by atoms with E-state index in [-0.39, 0.29) is 11.9 Å². The number of anilines is 1. The van der Waals surface area contributed by atoms with Crippen LogP contribution in [0.15, 0.2) is 55.0 Å². The number of methoxy groups -OCH3 is 1. The first-order chi connectivity index (χ1) is 26.9. The van der Waals surface area contributed by atoms with Crippen molar-refractivity contribution < 1.29 is 14.3 Å². The number of carbonyl (C=O) groups is 1. The van der Waals surface area contributed by atoms with E-state index in [1.807, 2.05) is 68.7 Å². The molecule has 11 nitrogen and oxygen atoms in total. The summed E-state index contributed by atoms with van der Waals surface area (Å²) < 4.78 is 19.5. The molecule has 0 aliphatic carbocycles. The maximum atomic E-state index is 15.3. The van der Waals surface area contributed by atoms with Gasteiger partial charge in [-0.3, -0.25) is 14.2 Å². The molecule has 0 saturated heterocycles. The van der Waals surface area contributed by atoms with E-state index in [4.69, 9.17) is 37.8 Å². The molecule has 1 amide bonds. The van der Waals surface area contributed by atoms with E-state index < -0.39 is 0 Å². The minimum Gasteiger partial charge on any atom is -0.494 e. The number of hydrogen-bond acceptors (Lipinski definition) is 6. The summed E-state index contributed by atoms with van der Waals surface area (Å²) in [5.41, 5.74) is 11.1. The number of carbonyl (C=O) groups excluding carboxylic acids is 1. The predicted molar refractivity (Wildman–Crippen MR) is 224 cm³/mol. The molecule has 5 heterocycles. The molecule has 0 N–H and O–H groups in total. The standard InChI is InChI=1S/C43H46Cl2N8O3/c1-24-18-30(19-25(2)39(24)45)56-16-9-10-31-32-12-13-34(44)38(37-27(4)47-50(7)28(37)5)40(32)53-26(3)21-52(43(54)41(31)53)36-22-49(6)35-14-11-29(20-33(35)36)42-46-23-51(48-42)15-17-55-8/h11-14,18-20,22-23,26H,9-10,15-17,21H2,1-8H3/t26-/m1/s1. The van der Waals surface area contributed by atoms with Crippen LogP contribution in [-0.2, 0) is 31.8 Å². The van der Waals surface area contributed by atoms with Gasteiger partial charge in [-0.25, -0.2) is 4.98 Å². The number of ether oxygens (including phenoxy) is 2. The van der Waals surface area contributed by atoms with Crippen molar-refractivity contribution >= 4 is 56.6 Å². The summed E-state index contributed by atoms with van der Waals surface area (Å²) in [6.45, 7) is 12.3. The minimum atomic E-state index is -0.0821. The van der Waals surface area contributed by atoms with Crippen LogP contribution in [0.25, 0.3) is 44.3 Å². The summed E-state index contributed by atoms with van der Waals surface area (Å²) in [5.74, 6) is 1.35. The highest BCUT2D eigenvalue weighted by Crippen LogP contribution is 2.46. The van der Waals surface area contributed by atoms with Gasteiger partial charge in [-0.2, -0.15) is 10.2 Å². The first-order valence-electron chi connectivity index (χ1n) is 18.9. The van der Waals surface area contributed by atoms with Crippen LogP contribution < -0.4 is 9.64 Å². The second-order valence-corrected chi connectivity index (χ2v) is 15.7. The van der Waals surface area contributed by atoms with Crippen LogP contribution >= 0.6 is 23.2 Å². The second kappa shape index (κ2) is 14.8. The molecular formula is C43H46Cl2N8O3. The Kier molecular flexibility index (Phi) is 9.97. The Morgan fingerprint density at radius 2 is 1.70 bits per heavy atom. The zero-order valence-corrected chi connectivity index (χ0v) is 34.6. The van der Waals surface area contributed by atoms with E-state index in [9.17, 15) is 0 Å². The highest BCUT2D eigenvalue weighted by atomic mass is 35.5. The van der Waals surface area contributed by atoms with Gasteiger partial charge in [-0.05, 0) is 101 Å². The molecule has 13 heteroatoms. The zero-order chi connectivity index (χ0) is 39.6. The average molecular weight is 794 g/mol. The molecule has 7 aromatic rings. The fourth-order valence-corrected chi connectivity index (χ4v) is 8.74. The summed E-state index contributed by atoms with van der Waals surface area (Å²) in [4.78, 5) is 21.8. The fourth-order valence-electron chi connectivity index (χ4n) is 8.38. The fraction of sp³-hybridized carbons (Fsp3) is 0.349. The van der Waals surface area contributed by atoms with Crippen LogP contribution in [0.4, 0.5) is 5.69 Å². The normalized spacial score (nSPS) is 14.4. The monoisotopic (exact) mass is 792 g/mol. The number of fused-ring (bicyclic) bond motifs is 4. The molecule has 0 saturated carbocycles. The Hall–Kier alpha value is -5.10. The molecule has 0 spiro atoms. The molecule has 4 aromatic heterocycles. The van der Waals surface area contributed by atoms with Crippen LogP contribution in [0.5, 0.6) is 5.75 Å². The van der Waals surface area contributed by atoms with Crippen LogP contribution in [0, 0.1) is 27.7 Å². The van der Waals surface area contributed by atoms with Gasteiger partial charge >= 0.3 is 0 Å². The van der Waals surface area contributed by atoms with Crippen LogP contribution in [0.1, 0.15) is 58.0 Å². The third kappa shape index (κ3) is 6.35. The Labute approximate surface area is 336 Å². The summed E-state index contributed by atoms with van der Waals surface area (Å²) in [6, 6.07) is 14.1. The molecule has 0 bridgehead atoms. The summed E-state index contributed by atoms with van der Waals surface area (Å²) in [6.07, 6.45) is 5.09. The Bertz CT molecular complexity index is 2640. The molecule has 0 radical (unpaired) electrons. The van der Waals surface area contributed by atoms with E-state index in [0.717, 1.165) is 83.0 Å². The third-order valence-electron chi connectivity index (χ3n) is 11.1. The van der Waals surface area contributed by atoms with Crippen molar-refractivity contribution in [1.82, 2.24) is 33.7 Å². The average Bonchev–Trinajstić information content (AvgIpc) is 3.93. The number of amides is 1. The lowest BCUT2D eigenvalue weighted by Gasteiger charge is -2.34. The van der Waals surface area contributed by atoms with Gasteiger partial charge in [-0.15, -0.1) is 0 Å². The van der Waals surface area contributed by atoms with Gasteiger partial charge in [0.2, 0.25) is 0 Å². The van der Waals surface area contributed by atoms with E-state index in [1.165, 1.54) is 0 Å². The lowest BCUT2D eigenvalue weighted by atomic mass is 9.98. The van der Waals surface area contributed by atoms with Crippen molar-refractivity contribution in [2.45, 2.75) is 60.0 Å². The number of aryl methyl sites for hydroxylation is 6. The van der Waals surface area contributed by atoms with Crippen molar-refractivity contribution in [2.24, 2.45) is 14.1 Å². The summed E-state index contributed by atoms with van der Waals surface area (Å²) in [5, 5.41) is 12.8. The first kappa shape index (κ1) is 37.8. The molecule has 1 aliphatic heterocycles. The van der Waals surface area contributed by atoms with Crippen molar-refractivity contribution in [3.63, 3.8) is 0 Å². The van der Waals surface area contributed by atoms with Gasteiger partial charge in [0, 0.05) is 83.7 Å². The zero-order valence-electron chi connectivity index (χ0n) is 33.1. The van der Waals surface area contributed by atoms with Gasteiger partial charge < -0.3 is 23.5 Å². The Morgan fingerprint density at radius 3 is 2.41 bits per heavy atom. The molecule has 3 aromatic carbocycles. The van der Waals surface area contributed by atoms with Gasteiger partial charge in [0.25, 0.3) is 5.91 Å². The van der Waals surface area contributed by atoms with Gasteiger partial charge in [0.1, 0.15) is 17.8 Å². The Morgan fingerprint density at radius 1 is 0.929 bits per heavy atom. The minimum absolute atomic E-state index is 0.0549. The Balaban J connectivity index is 1.23. The third-order valence-corrected chi connectivity index (χ3v) is 12.1. The first-order valence-corrected chi connectivity index (χ1v) is 19.7. The molecule has 1 aliphatic rings. The lowest BCUT2D eigenvalue weighted by Crippen LogP contribution is -2.42. The predicted octanol–water partition coefficient (Wildman–Crippen LogP) is 9.21. The second-order valence-electron chi connectivity index (χ2n) is 15.0. The number of aromatic nitrogens is 7. The highest BCUT2D eigenvalue weighted by Gasteiger charge is 2.37. The molecule has 8 rings (SSSR count). The largest absolute Gasteiger partial charge is 0.494 e. The smallest absolute Gasteiger partial charge is 0.275 e. The van der Waals surface area contributed by atoms with E-state index >= 15 is 4.79 Å². The number of benzene rings is 3. The number of rotatable bonds is 11. The number of hydrogen-bond donors (Lipinski definition) is 0. The topological polar surface area (TPSA) is 97.2 Å². The van der Waals surface area contributed by atoms with Crippen LogP contribution in [0.3, 0.4) is 0 Å². The van der Waals surface area contributed by atoms with Crippen molar-refractivity contribution in [1.29, 1.82) is 0 Å². The quantitative estimate of drug-likeness (QED) is 0.121. The maximum absolute atomic E-state index is 15.3. The van der Waals surface area contributed by atoms with Gasteiger partial charge in [-0.1, -0.05) is 29.3 Å². The molecule has 0 unspecified atom stereocenters. The van der Waals surface area contributed by atoms with E-state index in [2.05, 4.69) is 57.5 Å². The highest BCUT2D eigenvalue weighted by molar-refractivity contribution is 6.35. The van der Waals surface area contributed by atoms with Crippen molar-refractivity contribution in [3.05, 3.63) is 98.8 Å². The molecule has 1 atom stereocenters. The molecule has 0 fully saturated rings. The molecule has 290 valence electrons. The van der Waals surface area contributed by atoms with E-state index in [1.54, 1.807) is 18.1 Å². The molecular weight excluding hydrogens is 747 g/mol. The van der Waals surface area contributed by atoms with Crippen molar-refractivity contribution in [2.75, 3.05) is 31.8 Å². The van der Waals surface area contributed by atoms with Crippen LogP contribution in [0.2, 0.25) is 10.0 Å². The van der Waals surface area contributed by atoms with Crippen molar-refractivity contribution in [3.8, 4) is 28.3 Å². The number of nitrogens with zero attached hydrogens (tertiary/aromatic N) is 8. The SMILES string of the molecule is COCCn1cnc(-c2ccc3c(c2)c(N2C[C@@H](C)n4c(c(CCCOc5cc(C)c(Cl)c(C)c5)c5ccc(Cl)c(-c6c(C)nn(C)c6C)c54)C2=O)cn3C)n1. The maximum Gasteiger partial charge on any atom is 0.275 e.